The summed E-state index contributed by atoms with van der Waals surface area (Å²) in [7, 11) is 0. The number of carbonyl (C=O) groups excluding carboxylic acids is 1. The summed E-state index contributed by atoms with van der Waals surface area (Å²) in [6, 6.07) is 8.73. The summed E-state index contributed by atoms with van der Waals surface area (Å²) in [4.78, 5) is 28.8. The highest BCUT2D eigenvalue weighted by Crippen LogP contribution is 2.24. The Hall–Kier alpha value is -3.00. The highest BCUT2D eigenvalue weighted by molar-refractivity contribution is 5.72. The fourth-order valence-corrected chi connectivity index (χ4v) is 4.01. The number of hydrogen-bond donors (Lipinski definition) is 1. The number of rotatable bonds is 8. The third kappa shape index (κ3) is 4.28. The third-order valence-corrected chi connectivity index (χ3v) is 5.85. The average molecular weight is 408 g/mol. The van der Waals surface area contributed by atoms with Crippen molar-refractivity contribution >= 4 is 34.8 Å². The van der Waals surface area contributed by atoms with E-state index in [2.05, 4.69) is 67.8 Å². The van der Waals surface area contributed by atoms with E-state index >= 15 is 0 Å². The quantitative estimate of drug-likeness (QED) is 0.574. The van der Waals surface area contributed by atoms with E-state index in [9.17, 15) is 4.79 Å². The normalized spacial score (nSPS) is 15.1. The fourth-order valence-electron chi connectivity index (χ4n) is 4.01. The Morgan fingerprint density at radius 1 is 1.07 bits per heavy atom. The van der Waals surface area contributed by atoms with Gasteiger partial charge in [-0.1, -0.05) is 13.8 Å². The van der Waals surface area contributed by atoms with Crippen molar-refractivity contribution in [2.45, 2.75) is 32.7 Å². The lowest BCUT2D eigenvalue weighted by Gasteiger charge is -2.35. The summed E-state index contributed by atoms with van der Waals surface area (Å²) < 4.78 is 2.15. The number of nitrogens with zero attached hydrogens (tertiary/aromatic N) is 6. The van der Waals surface area contributed by atoms with Crippen molar-refractivity contribution in [3.63, 3.8) is 0 Å². The summed E-state index contributed by atoms with van der Waals surface area (Å²) >= 11 is 0. The van der Waals surface area contributed by atoms with Gasteiger partial charge in [0, 0.05) is 43.6 Å². The summed E-state index contributed by atoms with van der Waals surface area (Å²) in [6.07, 6.45) is 6.70. The molecule has 0 aliphatic carbocycles. The van der Waals surface area contributed by atoms with Crippen molar-refractivity contribution in [3.8, 4) is 0 Å². The second-order valence-electron chi connectivity index (χ2n) is 7.65. The van der Waals surface area contributed by atoms with Gasteiger partial charge in [-0.3, -0.25) is 4.90 Å². The molecule has 8 nitrogen and oxygen atoms in total. The zero-order valence-electron chi connectivity index (χ0n) is 17.7. The number of fused-ring (bicyclic) bond motifs is 1. The number of benzene rings is 1. The van der Waals surface area contributed by atoms with Gasteiger partial charge < -0.3 is 19.6 Å². The Balaban J connectivity index is 1.45. The number of piperazine rings is 1. The van der Waals surface area contributed by atoms with Crippen molar-refractivity contribution < 1.29 is 4.79 Å². The molecule has 4 rings (SSSR count). The second-order valence-corrected chi connectivity index (χ2v) is 7.65. The van der Waals surface area contributed by atoms with Crippen molar-refractivity contribution in [3.05, 3.63) is 36.8 Å². The Labute approximate surface area is 176 Å². The molecule has 0 unspecified atom stereocenters. The lowest BCUT2D eigenvalue weighted by molar-refractivity contribution is -0.108. The van der Waals surface area contributed by atoms with Crippen LogP contribution in [0, 0.1) is 0 Å². The topological polar surface area (TPSA) is 79.2 Å². The zero-order chi connectivity index (χ0) is 20.9. The molecule has 1 aliphatic rings. The van der Waals surface area contributed by atoms with Crippen molar-refractivity contribution in [2.75, 3.05) is 42.9 Å². The Morgan fingerprint density at radius 3 is 2.47 bits per heavy atom. The molecule has 0 radical (unpaired) electrons. The lowest BCUT2D eigenvalue weighted by atomic mass is 10.2. The van der Waals surface area contributed by atoms with E-state index in [-0.39, 0.29) is 0 Å². The predicted octanol–water partition coefficient (Wildman–Crippen LogP) is 3.25. The van der Waals surface area contributed by atoms with Crippen LogP contribution in [0.5, 0.6) is 0 Å². The van der Waals surface area contributed by atoms with Crippen molar-refractivity contribution in [2.24, 2.45) is 0 Å². The highest BCUT2D eigenvalue weighted by Gasteiger charge is 2.17. The van der Waals surface area contributed by atoms with Gasteiger partial charge in [0.05, 0.1) is 19.1 Å². The molecule has 0 saturated carbocycles. The SMILES string of the molecule is CCC(CC)n1cnc2cnc(Nc3ccc(N4CCN(CC=O)CC4)cc3)nc21. The van der Waals surface area contributed by atoms with Gasteiger partial charge in [0.15, 0.2) is 5.65 Å². The third-order valence-electron chi connectivity index (χ3n) is 5.85. The largest absolute Gasteiger partial charge is 0.369 e. The molecule has 8 heteroatoms. The zero-order valence-corrected chi connectivity index (χ0v) is 17.7. The van der Waals surface area contributed by atoms with Gasteiger partial charge in [-0.15, -0.1) is 0 Å². The van der Waals surface area contributed by atoms with E-state index in [4.69, 9.17) is 4.98 Å². The molecule has 1 saturated heterocycles. The van der Waals surface area contributed by atoms with Crippen LogP contribution in [0.4, 0.5) is 17.3 Å². The number of imidazole rings is 1. The summed E-state index contributed by atoms with van der Waals surface area (Å²) in [5.41, 5.74) is 3.82. The lowest BCUT2D eigenvalue weighted by Crippen LogP contribution is -2.46. The van der Waals surface area contributed by atoms with Gasteiger partial charge in [0.1, 0.15) is 11.8 Å². The number of anilines is 3. The first kappa shape index (κ1) is 20.3. The number of aldehydes is 1. The Bertz CT molecular complexity index is 973. The highest BCUT2D eigenvalue weighted by atomic mass is 16.1. The molecule has 3 heterocycles. The van der Waals surface area contributed by atoms with Crippen LogP contribution in [0.2, 0.25) is 0 Å². The Morgan fingerprint density at radius 2 is 1.80 bits per heavy atom. The van der Waals surface area contributed by atoms with Crippen LogP contribution >= 0.6 is 0 Å². The molecule has 3 aromatic rings. The van der Waals surface area contributed by atoms with Gasteiger partial charge in [-0.25, -0.2) is 9.97 Å². The van der Waals surface area contributed by atoms with Gasteiger partial charge in [0.25, 0.3) is 0 Å². The number of aromatic nitrogens is 4. The number of nitrogens with one attached hydrogen (secondary N) is 1. The van der Waals surface area contributed by atoms with Gasteiger partial charge in [-0.2, -0.15) is 4.98 Å². The standard InChI is InChI=1S/C22H29N7O/c1-3-18(4-2)29-16-24-20-15-23-22(26-21(20)29)25-17-5-7-19(8-6-17)28-11-9-27(10-12-28)13-14-30/h5-8,14-16,18H,3-4,9-13H2,1-2H3,(H,23,25,26). The van der Waals surface area contributed by atoms with E-state index in [1.165, 1.54) is 5.69 Å². The first-order valence-corrected chi connectivity index (χ1v) is 10.7. The molecule has 0 bridgehead atoms. The summed E-state index contributed by atoms with van der Waals surface area (Å²) in [5.74, 6) is 0.574. The van der Waals surface area contributed by atoms with Crippen molar-refractivity contribution in [1.82, 2.24) is 24.4 Å². The Kier molecular flexibility index (Phi) is 6.23. The van der Waals surface area contributed by atoms with Crippen LogP contribution in [0.25, 0.3) is 11.2 Å². The van der Waals surface area contributed by atoms with E-state index in [1.54, 1.807) is 6.20 Å². The molecule has 1 N–H and O–H groups in total. The molecule has 0 spiro atoms. The molecule has 1 aromatic carbocycles. The average Bonchev–Trinajstić information content (AvgIpc) is 3.19. The second kappa shape index (κ2) is 9.21. The van der Waals surface area contributed by atoms with E-state index in [0.29, 0.717) is 18.5 Å². The van der Waals surface area contributed by atoms with Crippen LogP contribution in [-0.4, -0.2) is 63.4 Å². The minimum absolute atomic E-state index is 0.393. The molecular formula is C22H29N7O. The molecule has 1 aliphatic heterocycles. The van der Waals surface area contributed by atoms with Crippen LogP contribution in [0.3, 0.4) is 0 Å². The monoisotopic (exact) mass is 407 g/mol. The van der Waals surface area contributed by atoms with E-state index in [0.717, 1.165) is 62.2 Å². The maximum atomic E-state index is 10.7. The maximum absolute atomic E-state index is 10.7. The van der Waals surface area contributed by atoms with Crippen molar-refractivity contribution in [1.29, 1.82) is 0 Å². The van der Waals surface area contributed by atoms with Crippen LogP contribution in [0.15, 0.2) is 36.8 Å². The van der Waals surface area contributed by atoms with Gasteiger partial charge in [-0.05, 0) is 37.1 Å². The maximum Gasteiger partial charge on any atom is 0.229 e. The molecule has 0 atom stereocenters. The van der Waals surface area contributed by atoms with Gasteiger partial charge in [0.2, 0.25) is 5.95 Å². The first-order chi connectivity index (χ1) is 14.7. The number of carbonyl (C=O) groups is 1. The minimum Gasteiger partial charge on any atom is -0.369 e. The molecule has 30 heavy (non-hydrogen) atoms. The fraction of sp³-hybridized carbons (Fsp3) is 0.455. The molecule has 0 amide bonds. The van der Waals surface area contributed by atoms with Crippen LogP contribution in [0.1, 0.15) is 32.7 Å². The minimum atomic E-state index is 0.393. The van der Waals surface area contributed by atoms with Crippen LogP contribution in [-0.2, 0) is 4.79 Å². The molecule has 158 valence electrons. The number of hydrogen-bond acceptors (Lipinski definition) is 7. The summed E-state index contributed by atoms with van der Waals surface area (Å²) in [5, 5.41) is 3.31. The predicted molar refractivity (Wildman–Crippen MR) is 119 cm³/mol. The van der Waals surface area contributed by atoms with Gasteiger partial charge >= 0.3 is 0 Å². The summed E-state index contributed by atoms with van der Waals surface area (Å²) in [6.45, 7) is 8.58. The first-order valence-electron chi connectivity index (χ1n) is 10.7. The van der Waals surface area contributed by atoms with Crippen LogP contribution < -0.4 is 10.2 Å². The molecule has 1 fully saturated rings. The van der Waals surface area contributed by atoms with E-state index in [1.807, 2.05) is 6.33 Å². The van der Waals surface area contributed by atoms with E-state index < -0.39 is 0 Å². The molecule has 2 aromatic heterocycles. The smallest absolute Gasteiger partial charge is 0.229 e. The molecular weight excluding hydrogens is 378 g/mol.